The zero-order valence-electron chi connectivity index (χ0n) is 14.3. The number of hydrogen-bond acceptors (Lipinski definition) is 3. The summed E-state index contributed by atoms with van der Waals surface area (Å²) >= 11 is 0. The molecule has 24 heavy (non-hydrogen) atoms. The Morgan fingerprint density at radius 2 is 1.92 bits per heavy atom. The van der Waals surface area contributed by atoms with Crippen LogP contribution in [-0.4, -0.2) is 29.6 Å². The van der Waals surface area contributed by atoms with Crippen LogP contribution in [0, 0.1) is 0 Å². The summed E-state index contributed by atoms with van der Waals surface area (Å²) in [6, 6.07) is 16.5. The van der Waals surface area contributed by atoms with E-state index in [1.54, 1.807) is 0 Å². The van der Waals surface area contributed by atoms with Crippen LogP contribution in [-0.2, 0) is 17.8 Å². The van der Waals surface area contributed by atoms with Gasteiger partial charge in [-0.3, -0.25) is 10.1 Å². The number of anilines is 2. The number of aryl methyl sites for hydroxylation is 2. The van der Waals surface area contributed by atoms with Crippen molar-refractivity contribution in [1.82, 2.24) is 9.55 Å². The fraction of sp³-hybridized carbons (Fsp3) is 0.263. The summed E-state index contributed by atoms with van der Waals surface area (Å²) in [4.78, 5) is 18.2. The van der Waals surface area contributed by atoms with E-state index in [1.165, 1.54) is 12.5 Å². The molecule has 0 bridgehead atoms. The van der Waals surface area contributed by atoms with Crippen molar-refractivity contribution >= 4 is 28.6 Å². The Kier molecular flexibility index (Phi) is 4.51. The average molecular weight is 322 g/mol. The largest absolute Gasteiger partial charge is 0.378 e. The molecule has 0 spiro atoms. The lowest BCUT2D eigenvalue weighted by Gasteiger charge is -2.12. The van der Waals surface area contributed by atoms with Crippen LogP contribution >= 0.6 is 0 Å². The second-order valence-corrected chi connectivity index (χ2v) is 6.07. The lowest BCUT2D eigenvalue weighted by Crippen LogP contribution is -2.13. The zero-order valence-corrected chi connectivity index (χ0v) is 14.3. The molecule has 0 aliphatic heterocycles. The van der Waals surface area contributed by atoms with E-state index in [4.69, 9.17) is 0 Å². The minimum Gasteiger partial charge on any atom is -0.378 e. The van der Waals surface area contributed by atoms with E-state index in [9.17, 15) is 4.79 Å². The highest BCUT2D eigenvalue weighted by Crippen LogP contribution is 2.24. The highest BCUT2D eigenvalue weighted by molar-refractivity contribution is 5.90. The van der Waals surface area contributed by atoms with Crippen molar-refractivity contribution in [3.8, 4) is 0 Å². The highest BCUT2D eigenvalue weighted by atomic mass is 16.1. The van der Waals surface area contributed by atoms with Crippen molar-refractivity contribution in [3.63, 3.8) is 0 Å². The average Bonchev–Trinajstić information content (AvgIpc) is 2.89. The quantitative estimate of drug-likeness (QED) is 0.784. The van der Waals surface area contributed by atoms with E-state index < -0.39 is 0 Å². The number of hydrogen-bond donors (Lipinski definition) is 1. The Morgan fingerprint density at radius 1 is 1.17 bits per heavy atom. The Morgan fingerprint density at radius 3 is 2.58 bits per heavy atom. The molecule has 0 saturated carbocycles. The molecule has 1 heterocycles. The molecule has 0 aliphatic carbocycles. The van der Waals surface area contributed by atoms with Crippen LogP contribution < -0.4 is 10.2 Å². The molecule has 3 rings (SSSR count). The maximum atomic E-state index is 11.5. The predicted octanol–water partition coefficient (Wildman–Crippen LogP) is 3.30. The first-order chi connectivity index (χ1) is 11.5. The summed E-state index contributed by atoms with van der Waals surface area (Å²) in [6.45, 7) is 2.27. The second kappa shape index (κ2) is 6.74. The molecular weight excluding hydrogens is 300 g/mol. The summed E-state index contributed by atoms with van der Waals surface area (Å²) in [5.74, 6) is 0.489. The van der Waals surface area contributed by atoms with E-state index in [0.29, 0.717) is 5.95 Å². The van der Waals surface area contributed by atoms with Gasteiger partial charge >= 0.3 is 0 Å². The molecule has 2 aromatic carbocycles. The van der Waals surface area contributed by atoms with Gasteiger partial charge in [0.1, 0.15) is 0 Å². The maximum absolute atomic E-state index is 11.5. The van der Waals surface area contributed by atoms with Gasteiger partial charge in [0.25, 0.3) is 0 Å². The number of amides is 1. The van der Waals surface area contributed by atoms with Gasteiger partial charge in [0.05, 0.1) is 11.0 Å². The number of nitrogens with one attached hydrogen (secondary N) is 1. The molecule has 0 radical (unpaired) electrons. The van der Waals surface area contributed by atoms with Gasteiger partial charge in [-0.05, 0) is 30.2 Å². The maximum Gasteiger partial charge on any atom is 0.223 e. The number of benzene rings is 2. The molecule has 1 aromatic heterocycles. The van der Waals surface area contributed by atoms with Crippen LogP contribution in [0.2, 0.25) is 0 Å². The minimum atomic E-state index is -0.112. The van der Waals surface area contributed by atoms with Gasteiger partial charge in [0.2, 0.25) is 11.9 Å². The van der Waals surface area contributed by atoms with Crippen LogP contribution in [0.1, 0.15) is 12.5 Å². The summed E-state index contributed by atoms with van der Waals surface area (Å²) in [5, 5.41) is 2.85. The molecule has 1 N–H and O–H groups in total. The summed E-state index contributed by atoms with van der Waals surface area (Å²) in [6.07, 6.45) is 0.883. The van der Waals surface area contributed by atoms with E-state index in [2.05, 4.69) is 39.1 Å². The van der Waals surface area contributed by atoms with Crippen molar-refractivity contribution in [1.29, 1.82) is 0 Å². The third kappa shape index (κ3) is 3.40. The van der Waals surface area contributed by atoms with Crippen molar-refractivity contribution < 1.29 is 4.79 Å². The van der Waals surface area contributed by atoms with Crippen LogP contribution in [0.15, 0.2) is 48.5 Å². The number of rotatable bonds is 5. The number of carbonyl (C=O) groups excluding carboxylic acids is 1. The fourth-order valence-corrected chi connectivity index (χ4v) is 2.76. The molecule has 0 atom stereocenters. The van der Waals surface area contributed by atoms with Gasteiger partial charge in [-0.1, -0.05) is 30.3 Å². The molecule has 1 amide bonds. The molecule has 5 heteroatoms. The molecule has 0 aliphatic rings. The van der Waals surface area contributed by atoms with Crippen molar-refractivity contribution in [2.75, 3.05) is 24.3 Å². The minimum absolute atomic E-state index is 0.112. The summed E-state index contributed by atoms with van der Waals surface area (Å²) in [7, 11) is 4.00. The number of imidazole rings is 1. The first-order valence-electron chi connectivity index (χ1n) is 8.04. The normalized spacial score (nSPS) is 10.8. The molecule has 5 nitrogen and oxygen atoms in total. The Hall–Kier alpha value is -2.82. The first kappa shape index (κ1) is 16.1. The third-order valence-electron chi connectivity index (χ3n) is 4.00. The van der Waals surface area contributed by atoms with Crippen LogP contribution in [0.3, 0.4) is 0 Å². The Balaban J connectivity index is 1.97. The van der Waals surface area contributed by atoms with Gasteiger partial charge in [-0.25, -0.2) is 4.98 Å². The van der Waals surface area contributed by atoms with Crippen molar-refractivity contribution in [2.45, 2.75) is 19.9 Å². The number of fused-ring (bicyclic) bond motifs is 1. The van der Waals surface area contributed by atoms with E-state index in [0.717, 1.165) is 29.7 Å². The highest BCUT2D eigenvalue weighted by Gasteiger charge is 2.13. The van der Waals surface area contributed by atoms with Crippen LogP contribution in [0.25, 0.3) is 11.0 Å². The van der Waals surface area contributed by atoms with Gasteiger partial charge in [0, 0.05) is 33.3 Å². The topological polar surface area (TPSA) is 50.2 Å². The monoisotopic (exact) mass is 322 g/mol. The molecular formula is C19H22N4O. The van der Waals surface area contributed by atoms with Gasteiger partial charge in [-0.15, -0.1) is 0 Å². The lowest BCUT2D eigenvalue weighted by molar-refractivity contribution is -0.114. The fourth-order valence-electron chi connectivity index (χ4n) is 2.76. The van der Waals surface area contributed by atoms with Gasteiger partial charge in [0.15, 0.2) is 0 Å². The van der Waals surface area contributed by atoms with Crippen LogP contribution in [0.4, 0.5) is 11.6 Å². The number of aromatic nitrogens is 2. The lowest BCUT2D eigenvalue weighted by atomic mass is 10.1. The summed E-state index contributed by atoms with van der Waals surface area (Å²) in [5.41, 5.74) is 4.26. The summed E-state index contributed by atoms with van der Waals surface area (Å²) < 4.78 is 2.07. The number of carbonyl (C=O) groups is 1. The second-order valence-electron chi connectivity index (χ2n) is 6.07. The van der Waals surface area contributed by atoms with Crippen LogP contribution in [0.5, 0.6) is 0 Å². The predicted molar refractivity (Wildman–Crippen MR) is 98.5 cm³/mol. The molecule has 0 saturated heterocycles. The molecule has 3 aromatic rings. The first-order valence-corrected chi connectivity index (χ1v) is 8.04. The smallest absolute Gasteiger partial charge is 0.223 e. The van der Waals surface area contributed by atoms with E-state index in [-0.39, 0.29) is 5.91 Å². The van der Waals surface area contributed by atoms with Gasteiger partial charge < -0.3 is 9.47 Å². The Labute approximate surface area is 141 Å². The third-order valence-corrected chi connectivity index (χ3v) is 4.00. The van der Waals surface area contributed by atoms with Crippen molar-refractivity contribution in [2.24, 2.45) is 0 Å². The van der Waals surface area contributed by atoms with E-state index >= 15 is 0 Å². The SMILES string of the molecule is CC(=O)Nc1nc2cc(N(C)C)ccc2n1CCc1ccccc1. The molecule has 0 unspecified atom stereocenters. The van der Waals surface area contributed by atoms with Gasteiger partial charge in [-0.2, -0.15) is 0 Å². The molecule has 124 valence electrons. The number of nitrogens with zero attached hydrogens (tertiary/aromatic N) is 3. The standard InChI is InChI=1S/C19H22N4O/c1-14(24)20-19-21-17-13-16(22(2)3)9-10-18(17)23(19)12-11-15-7-5-4-6-8-15/h4-10,13H,11-12H2,1-3H3,(H,20,21,24). The van der Waals surface area contributed by atoms with Crippen molar-refractivity contribution in [3.05, 3.63) is 54.1 Å². The Bertz CT molecular complexity index is 852. The van der Waals surface area contributed by atoms with E-state index in [1.807, 2.05) is 43.3 Å². The zero-order chi connectivity index (χ0) is 17.1. The molecule has 0 fully saturated rings.